The average Bonchev–Trinajstić information content (AvgIpc) is 2.67. The van der Waals surface area contributed by atoms with Crippen LogP contribution in [0.5, 0.6) is 11.5 Å². The fourth-order valence-corrected chi connectivity index (χ4v) is 1.93. The first-order chi connectivity index (χ1) is 9.84. The lowest BCUT2D eigenvalue weighted by Gasteiger charge is -2.19. The number of rotatable bonds is 2. The van der Waals surface area contributed by atoms with Crippen LogP contribution >= 0.6 is 0 Å². The second-order valence-corrected chi connectivity index (χ2v) is 4.36. The van der Waals surface area contributed by atoms with E-state index in [1.54, 1.807) is 0 Å². The molecule has 1 aliphatic rings. The first kappa shape index (κ1) is 15.4. The monoisotopic (exact) mass is 306 g/mol. The Hall–Kier alpha value is -1.96. The van der Waals surface area contributed by atoms with Crippen LogP contribution in [0.25, 0.3) is 0 Å². The third-order valence-electron chi connectivity index (χ3n) is 2.94. The Morgan fingerprint density at radius 2 is 1.86 bits per heavy atom. The molecule has 0 spiro atoms. The van der Waals surface area contributed by atoms with Crippen LogP contribution in [0.15, 0.2) is 12.1 Å². The normalized spacial score (nSPS) is 16.0. The summed E-state index contributed by atoms with van der Waals surface area (Å²) >= 11 is 0. The van der Waals surface area contributed by atoms with Gasteiger partial charge in [0.05, 0.1) is 25.9 Å². The van der Waals surface area contributed by atoms with Gasteiger partial charge in [0.25, 0.3) is 0 Å². The molecule has 1 aromatic rings. The Bertz CT molecular complexity index is 541. The molecule has 0 bridgehead atoms. The Labute approximate surface area is 118 Å². The maximum atomic E-state index is 13.1. The van der Waals surface area contributed by atoms with Crippen LogP contribution in [0.3, 0.4) is 0 Å². The summed E-state index contributed by atoms with van der Waals surface area (Å²) < 4.78 is 54.0. The van der Waals surface area contributed by atoms with E-state index in [4.69, 9.17) is 9.47 Å². The fraction of sp³-hybridized carbons (Fsp3) is 0.462. The number of hydrogen-bond acceptors (Lipinski definition) is 5. The maximum absolute atomic E-state index is 13.1. The summed E-state index contributed by atoms with van der Waals surface area (Å²) in [6.45, 7) is 0.495. The van der Waals surface area contributed by atoms with Crippen molar-refractivity contribution in [2.45, 2.75) is 18.7 Å². The van der Waals surface area contributed by atoms with E-state index >= 15 is 0 Å². The van der Waals surface area contributed by atoms with Gasteiger partial charge in [-0.15, -0.1) is 0 Å². The van der Waals surface area contributed by atoms with Gasteiger partial charge in [-0.05, 0) is 12.1 Å². The standard InChI is InChI=1S/C13H13F3O5/c1-19-12(18)11(17)7-5-9-10(21-4-2-3-20-9)6-8(7)13(14,15)16/h5-6,11,17H,2-4H2,1H3. The molecule has 1 aliphatic heterocycles. The van der Waals surface area contributed by atoms with Crippen molar-refractivity contribution in [2.24, 2.45) is 0 Å². The number of aliphatic hydroxyl groups excluding tert-OH is 1. The summed E-state index contributed by atoms with van der Waals surface area (Å²) in [5, 5.41) is 9.73. The minimum atomic E-state index is -4.75. The Morgan fingerprint density at radius 3 is 2.38 bits per heavy atom. The molecule has 5 nitrogen and oxygen atoms in total. The second kappa shape index (κ2) is 5.80. The van der Waals surface area contributed by atoms with Gasteiger partial charge in [-0.2, -0.15) is 13.2 Å². The van der Waals surface area contributed by atoms with Crippen molar-refractivity contribution in [1.82, 2.24) is 0 Å². The van der Waals surface area contributed by atoms with Crippen molar-refractivity contribution in [2.75, 3.05) is 20.3 Å². The van der Waals surface area contributed by atoms with Gasteiger partial charge < -0.3 is 19.3 Å². The van der Waals surface area contributed by atoms with Crippen molar-refractivity contribution >= 4 is 5.97 Å². The molecule has 21 heavy (non-hydrogen) atoms. The number of methoxy groups -OCH3 is 1. The van der Waals surface area contributed by atoms with Crippen molar-refractivity contribution < 1.29 is 37.3 Å². The van der Waals surface area contributed by atoms with Gasteiger partial charge in [-0.1, -0.05) is 0 Å². The molecule has 0 fully saturated rings. The predicted octanol–water partition coefficient (Wildman–Crippen LogP) is 2.07. The van der Waals surface area contributed by atoms with Crippen molar-refractivity contribution in [3.05, 3.63) is 23.3 Å². The lowest BCUT2D eigenvalue weighted by atomic mass is 10.0. The zero-order valence-electron chi connectivity index (χ0n) is 11.1. The van der Waals surface area contributed by atoms with Crippen LogP contribution in [0, 0.1) is 0 Å². The second-order valence-electron chi connectivity index (χ2n) is 4.36. The Balaban J connectivity index is 2.55. The summed E-state index contributed by atoms with van der Waals surface area (Å²) in [5.41, 5.74) is -1.79. The van der Waals surface area contributed by atoms with E-state index in [1.165, 1.54) is 0 Å². The molecule has 0 saturated carbocycles. The van der Waals surface area contributed by atoms with E-state index in [2.05, 4.69) is 4.74 Å². The number of esters is 1. The van der Waals surface area contributed by atoms with Gasteiger partial charge >= 0.3 is 12.1 Å². The maximum Gasteiger partial charge on any atom is 0.416 e. The number of ether oxygens (including phenoxy) is 3. The molecule has 1 N–H and O–H groups in total. The molecule has 0 saturated heterocycles. The number of carbonyl (C=O) groups is 1. The lowest BCUT2D eigenvalue weighted by molar-refractivity contribution is -0.152. The zero-order valence-corrected chi connectivity index (χ0v) is 11.1. The lowest BCUT2D eigenvalue weighted by Crippen LogP contribution is -2.19. The van der Waals surface area contributed by atoms with Crippen molar-refractivity contribution in [3.63, 3.8) is 0 Å². The molecular weight excluding hydrogens is 293 g/mol. The number of benzene rings is 1. The van der Waals surface area contributed by atoms with E-state index in [0.29, 0.717) is 6.42 Å². The van der Waals surface area contributed by atoms with Gasteiger partial charge in [0.2, 0.25) is 0 Å². The molecule has 0 amide bonds. The SMILES string of the molecule is COC(=O)C(O)c1cc2c(cc1C(F)(F)F)OCCCO2. The molecule has 1 unspecified atom stereocenters. The van der Waals surface area contributed by atoms with Gasteiger partial charge in [0, 0.05) is 12.0 Å². The summed E-state index contributed by atoms with van der Waals surface area (Å²) in [6.07, 6.45) is -6.29. The molecule has 0 aromatic heterocycles. The van der Waals surface area contributed by atoms with Crippen LogP contribution < -0.4 is 9.47 Å². The number of aliphatic hydroxyl groups is 1. The molecule has 1 atom stereocenters. The smallest absolute Gasteiger partial charge is 0.416 e. The number of hydrogen-bond donors (Lipinski definition) is 1. The van der Waals surface area contributed by atoms with Crippen LogP contribution in [0.1, 0.15) is 23.7 Å². The molecule has 2 rings (SSSR count). The highest BCUT2D eigenvalue weighted by Gasteiger charge is 2.38. The third kappa shape index (κ3) is 3.21. The van der Waals surface area contributed by atoms with Gasteiger partial charge in [0.15, 0.2) is 17.6 Å². The van der Waals surface area contributed by atoms with E-state index in [0.717, 1.165) is 19.2 Å². The number of carbonyl (C=O) groups excluding carboxylic acids is 1. The number of alkyl halides is 3. The first-order valence-electron chi connectivity index (χ1n) is 6.11. The quantitative estimate of drug-likeness (QED) is 0.847. The Morgan fingerprint density at radius 1 is 1.29 bits per heavy atom. The van der Waals surface area contributed by atoms with E-state index < -0.39 is 29.4 Å². The first-order valence-corrected chi connectivity index (χ1v) is 6.11. The van der Waals surface area contributed by atoms with Gasteiger partial charge in [0.1, 0.15) is 0 Å². The molecule has 1 heterocycles. The van der Waals surface area contributed by atoms with E-state index in [1.807, 2.05) is 0 Å². The summed E-state index contributed by atoms with van der Waals surface area (Å²) in [5.74, 6) is -1.20. The highest BCUT2D eigenvalue weighted by molar-refractivity contribution is 5.77. The molecule has 0 radical (unpaired) electrons. The van der Waals surface area contributed by atoms with Crippen molar-refractivity contribution in [1.29, 1.82) is 0 Å². The third-order valence-corrected chi connectivity index (χ3v) is 2.94. The van der Waals surface area contributed by atoms with Gasteiger partial charge in [-0.3, -0.25) is 0 Å². The molecule has 116 valence electrons. The highest BCUT2D eigenvalue weighted by Crippen LogP contribution is 2.42. The molecule has 0 aliphatic carbocycles. The van der Waals surface area contributed by atoms with E-state index in [-0.39, 0.29) is 24.7 Å². The van der Waals surface area contributed by atoms with E-state index in [9.17, 15) is 23.1 Å². The van der Waals surface area contributed by atoms with Crippen LogP contribution in [0.2, 0.25) is 0 Å². The largest absolute Gasteiger partial charge is 0.490 e. The van der Waals surface area contributed by atoms with Crippen LogP contribution in [-0.4, -0.2) is 31.4 Å². The summed E-state index contributed by atoms with van der Waals surface area (Å²) in [4.78, 5) is 11.3. The highest BCUT2D eigenvalue weighted by atomic mass is 19.4. The number of halogens is 3. The molecule has 1 aromatic carbocycles. The van der Waals surface area contributed by atoms with Crippen molar-refractivity contribution in [3.8, 4) is 11.5 Å². The average molecular weight is 306 g/mol. The van der Waals surface area contributed by atoms with Crippen LogP contribution in [-0.2, 0) is 15.7 Å². The summed E-state index contributed by atoms with van der Waals surface area (Å²) in [6, 6.07) is 1.69. The number of fused-ring (bicyclic) bond motifs is 1. The minimum absolute atomic E-state index is 0.0541. The molecular formula is C13H13F3O5. The Kier molecular flexibility index (Phi) is 4.26. The molecule has 8 heteroatoms. The van der Waals surface area contributed by atoms with Gasteiger partial charge in [-0.25, -0.2) is 4.79 Å². The van der Waals surface area contributed by atoms with Crippen LogP contribution in [0.4, 0.5) is 13.2 Å². The summed E-state index contributed by atoms with van der Waals surface area (Å²) in [7, 11) is 0.974. The minimum Gasteiger partial charge on any atom is -0.490 e. The fourth-order valence-electron chi connectivity index (χ4n) is 1.93. The topological polar surface area (TPSA) is 65.0 Å². The zero-order chi connectivity index (χ0) is 15.6. The predicted molar refractivity (Wildman–Crippen MR) is 64.0 cm³/mol.